The standard InChI is InChI=1S/C11H12F3N3O2/c1-3-6-5(2)16-17-8(6)15-9(18)7(10(17)19)4-11(12,13)14/h19H,3-4H2,1-2H3,(H,15,18). The van der Waals surface area contributed by atoms with Gasteiger partial charge in [0.2, 0.25) is 5.88 Å². The van der Waals surface area contributed by atoms with Gasteiger partial charge in [-0.05, 0) is 13.3 Å². The highest BCUT2D eigenvalue weighted by atomic mass is 19.4. The zero-order chi connectivity index (χ0) is 14.4. The summed E-state index contributed by atoms with van der Waals surface area (Å²) in [5.41, 5.74) is -0.209. The highest BCUT2D eigenvalue weighted by Gasteiger charge is 2.32. The molecule has 2 aromatic rings. The SMILES string of the molecule is CCc1c(C)nn2c(O)c(CC(F)(F)F)c(=O)[nH]c12. The maximum absolute atomic E-state index is 12.4. The van der Waals surface area contributed by atoms with Crippen molar-refractivity contribution >= 4 is 5.65 Å². The number of alkyl halides is 3. The van der Waals surface area contributed by atoms with Crippen molar-refractivity contribution in [2.24, 2.45) is 0 Å². The van der Waals surface area contributed by atoms with Crippen molar-refractivity contribution < 1.29 is 18.3 Å². The summed E-state index contributed by atoms with van der Waals surface area (Å²) in [6.07, 6.45) is -5.53. The Bertz CT molecular complexity index is 685. The lowest BCUT2D eigenvalue weighted by atomic mass is 10.2. The minimum atomic E-state index is -4.58. The van der Waals surface area contributed by atoms with Gasteiger partial charge in [-0.1, -0.05) is 6.92 Å². The first-order chi connectivity index (χ1) is 8.74. The summed E-state index contributed by atoms with van der Waals surface area (Å²) in [4.78, 5) is 14.0. The molecular formula is C11H12F3N3O2. The number of nitrogens with one attached hydrogen (secondary N) is 1. The Kier molecular flexibility index (Phi) is 3.03. The predicted molar refractivity (Wildman–Crippen MR) is 61.4 cm³/mol. The van der Waals surface area contributed by atoms with Crippen LogP contribution < -0.4 is 5.56 Å². The number of H-pyrrole nitrogens is 1. The molecule has 0 saturated carbocycles. The molecule has 0 radical (unpaired) electrons. The summed E-state index contributed by atoms with van der Waals surface area (Å²) in [5, 5.41) is 13.8. The molecule has 5 nitrogen and oxygen atoms in total. The summed E-state index contributed by atoms with van der Waals surface area (Å²) >= 11 is 0. The van der Waals surface area contributed by atoms with Crippen molar-refractivity contribution in [1.29, 1.82) is 0 Å². The molecule has 0 aliphatic heterocycles. The topological polar surface area (TPSA) is 70.4 Å². The van der Waals surface area contributed by atoms with Gasteiger partial charge in [0.25, 0.3) is 5.56 Å². The van der Waals surface area contributed by atoms with Crippen molar-refractivity contribution in [3.63, 3.8) is 0 Å². The Morgan fingerprint density at radius 2 is 2.00 bits per heavy atom. The fourth-order valence-electron chi connectivity index (χ4n) is 2.04. The van der Waals surface area contributed by atoms with Gasteiger partial charge in [-0.15, -0.1) is 0 Å². The Morgan fingerprint density at radius 1 is 1.37 bits per heavy atom. The van der Waals surface area contributed by atoms with Gasteiger partial charge < -0.3 is 10.1 Å². The van der Waals surface area contributed by atoms with E-state index in [2.05, 4.69) is 10.1 Å². The van der Waals surface area contributed by atoms with Gasteiger partial charge in [0.1, 0.15) is 5.65 Å². The van der Waals surface area contributed by atoms with Gasteiger partial charge in [-0.3, -0.25) is 4.79 Å². The zero-order valence-corrected chi connectivity index (χ0v) is 10.3. The number of aromatic hydroxyl groups is 1. The molecule has 0 spiro atoms. The first-order valence-corrected chi connectivity index (χ1v) is 5.63. The molecule has 19 heavy (non-hydrogen) atoms. The molecule has 2 N–H and O–H groups in total. The van der Waals surface area contributed by atoms with E-state index in [1.165, 1.54) is 0 Å². The summed E-state index contributed by atoms with van der Waals surface area (Å²) in [7, 11) is 0. The van der Waals surface area contributed by atoms with E-state index >= 15 is 0 Å². The maximum atomic E-state index is 12.4. The molecule has 0 atom stereocenters. The highest BCUT2D eigenvalue weighted by molar-refractivity contribution is 5.52. The molecule has 104 valence electrons. The lowest BCUT2D eigenvalue weighted by Crippen LogP contribution is -2.22. The Morgan fingerprint density at radius 3 is 2.53 bits per heavy atom. The summed E-state index contributed by atoms with van der Waals surface area (Å²) < 4.78 is 38.0. The van der Waals surface area contributed by atoms with Gasteiger partial charge >= 0.3 is 6.18 Å². The molecule has 0 unspecified atom stereocenters. The fraction of sp³-hybridized carbons (Fsp3) is 0.455. The molecule has 8 heteroatoms. The number of halogens is 3. The van der Waals surface area contributed by atoms with Crippen LogP contribution in [0.2, 0.25) is 0 Å². The Labute approximate surface area is 105 Å². The van der Waals surface area contributed by atoms with E-state index in [0.717, 1.165) is 4.52 Å². The van der Waals surface area contributed by atoms with E-state index in [4.69, 9.17) is 0 Å². The van der Waals surface area contributed by atoms with Crippen LogP contribution in [0.3, 0.4) is 0 Å². The predicted octanol–water partition coefficient (Wildman–Crippen LogP) is 1.70. The normalized spacial score (nSPS) is 12.3. The quantitative estimate of drug-likeness (QED) is 0.876. The highest BCUT2D eigenvalue weighted by Crippen LogP contribution is 2.26. The van der Waals surface area contributed by atoms with Crippen LogP contribution in [0.5, 0.6) is 5.88 Å². The molecule has 0 saturated heterocycles. The smallest absolute Gasteiger partial charge is 0.393 e. The number of nitrogens with zero attached hydrogens (tertiary/aromatic N) is 2. The largest absolute Gasteiger partial charge is 0.493 e. The lowest BCUT2D eigenvalue weighted by Gasteiger charge is -2.08. The molecule has 2 rings (SSSR count). The summed E-state index contributed by atoms with van der Waals surface area (Å²) in [6, 6.07) is 0. The van der Waals surface area contributed by atoms with E-state index in [1.807, 2.05) is 6.92 Å². The molecule has 0 aliphatic rings. The average molecular weight is 275 g/mol. The van der Waals surface area contributed by atoms with E-state index < -0.39 is 29.6 Å². The van der Waals surface area contributed by atoms with E-state index in [9.17, 15) is 23.1 Å². The third-order valence-electron chi connectivity index (χ3n) is 2.89. The van der Waals surface area contributed by atoms with Crippen LogP contribution in [-0.4, -0.2) is 25.9 Å². The van der Waals surface area contributed by atoms with Crippen LogP contribution >= 0.6 is 0 Å². The van der Waals surface area contributed by atoms with Gasteiger partial charge in [0, 0.05) is 5.56 Å². The molecule has 0 amide bonds. The van der Waals surface area contributed by atoms with Gasteiger partial charge in [0.15, 0.2) is 0 Å². The third kappa shape index (κ3) is 2.29. The molecule has 2 aromatic heterocycles. The maximum Gasteiger partial charge on any atom is 0.393 e. The van der Waals surface area contributed by atoms with Crippen LogP contribution in [0.25, 0.3) is 5.65 Å². The number of rotatable bonds is 2. The monoisotopic (exact) mass is 275 g/mol. The molecule has 0 aliphatic carbocycles. The van der Waals surface area contributed by atoms with Crippen LogP contribution in [0.1, 0.15) is 23.7 Å². The molecule has 0 aromatic carbocycles. The van der Waals surface area contributed by atoms with Crippen LogP contribution in [-0.2, 0) is 12.8 Å². The molecule has 0 fully saturated rings. The Balaban J connectivity index is 2.73. The summed E-state index contributed by atoms with van der Waals surface area (Å²) in [5.74, 6) is -0.765. The van der Waals surface area contributed by atoms with E-state index in [0.29, 0.717) is 17.7 Å². The third-order valence-corrected chi connectivity index (χ3v) is 2.89. The van der Waals surface area contributed by atoms with Gasteiger partial charge in [-0.2, -0.15) is 22.8 Å². The number of aromatic amines is 1. The zero-order valence-electron chi connectivity index (χ0n) is 10.3. The second kappa shape index (κ2) is 4.29. The second-order valence-electron chi connectivity index (χ2n) is 4.23. The van der Waals surface area contributed by atoms with Gasteiger partial charge in [0.05, 0.1) is 17.7 Å². The van der Waals surface area contributed by atoms with E-state index in [1.54, 1.807) is 6.92 Å². The van der Waals surface area contributed by atoms with E-state index in [-0.39, 0.29) is 5.65 Å². The average Bonchev–Trinajstić information content (AvgIpc) is 2.59. The Hall–Kier alpha value is -1.99. The van der Waals surface area contributed by atoms with Crippen molar-refractivity contribution in [2.45, 2.75) is 32.9 Å². The first-order valence-electron chi connectivity index (χ1n) is 5.63. The van der Waals surface area contributed by atoms with Crippen LogP contribution in [0, 0.1) is 6.92 Å². The minimum Gasteiger partial charge on any atom is -0.493 e. The van der Waals surface area contributed by atoms with Crippen LogP contribution in [0.15, 0.2) is 4.79 Å². The molecule has 0 bridgehead atoms. The van der Waals surface area contributed by atoms with Crippen molar-refractivity contribution in [1.82, 2.24) is 14.6 Å². The van der Waals surface area contributed by atoms with Crippen LogP contribution in [0.4, 0.5) is 13.2 Å². The number of hydrogen-bond acceptors (Lipinski definition) is 3. The van der Waals surface area contributed by atoms with Crippen molar-refractivity contribution in [2.75, 3.05) is 0 Å². The number of fused-ring (bicyclic) bond motifs is 1. The fourth-order valence-corrected chi connectivity index (χ4v) is 2.04. The first kappa shape index (κ1) is 13.4. The van der Waals surface area contributed by atoms with Crippen molar-refractivity contribution in [3.05, 3.63) is 27.2 Å². The second-order valence-corrected chi connectivity index (χ2v) is 4.23. The lowest BCUT2D eigenvalue weighted by molar-refractivity contribution is -0.127. The number of aryl methyl sites for hydroxylation is 2. The molecule has 2 heterocycles. The number of hydrogen-bond donors (Lipinski definition) is 2. The number of aromatic nitrogens is 3. The minimum absolute atomic E-state index is 0.230. The summed E-state index contributed by atoms with van der Waals surface area (Å²) in [6.45, 7) is 3.48. The molecular weight excluding hydrogens is 263 g/mol. The van der Waals surface area contributed by atoms with Crippen molar-refractivity contribution in [3.8, 4) is 5.88 Å². The van der Waals surface area contributed by atoms with Gasteiger partial charge in [-0.25, -0.2) is 0 Å².